The average molecular weight is 360 g/mol. The third kappa shape index (κ3) is 3.15. The number of nitrogens with zero attached hydrogens (tertiary/aromatic N) is 4. The van der Waals surface area contributed by atoms with Crippen LogP contribution in [0.1, 0.15) is 29.8 Å². The highest BCUT2D eigenvalue weighted by molar-refractivity contribution is 6.01. The zero-order valence-electron chi connectivity index (χ0n) is 15.0. The molecule has 1 unspecified atom stereocenters. The van der Waals surface area contributed by atoms with E-state index in [1.165, 1.54) is 0 Å². The fourth-order valence-electron chi connectivity index (χ4n) is 3.34. The van der Waals surface area contributed by atoms with Crippen LogP contribution in [0, 0.1) is 0 Å². The van der Waals surface area contributed by atoms with Crippen LogP contribution in [0.5, 0.6) is 0 Å². The minimum absolute atomic E-state index is 0.0843. The minimum Gasteiger partial charge on any atom is -0.392 e. The van der Waals surface area contributed by atoms with Gasteiger partial charge in [-0.05, 0) is 42.8 Å². The molecule has 1 aliphatic heterocycles. The molecule has 0 fully saturated rings. The van der Waals surface area contributed by atoms with Crippen LogP contribution in [0.25, 0.3) is 0 Å². The Hall–Kier alpha value is -3.25. The molecular weight excluding hydrogens is 340 g/mol. The van der Waals surface area contributed by atoms with Gasteiger partial charge in [0.1, 0.15) is 5.82 Å². The van der Waals surface area contributed by atoms with Crippen molar-refractivity contribution in [3.63, 3.8) is 0 Å². The first-order valence-electron chi connectivity index (χ1n) is 8.84. The van der Waals surface area contributed by atoms with E-state index in [1.54, 1.807) is 22.2 Å². The molecule has 0 spiro atoms. The quantitative estimate of drug-likeness (QED) is 0.768. The van der Waals surface area contributed by atoms with Crippen LogP contribution in [0.2, 0.25) is 0 Å². The Labute approximate surface area is 157 Å². The molecule has 136 valence electrons. The van der Waals surface area contributed by atoms with Gasteiger partial charge in [0.25, 0.3) is 0 Å². The summed E-state index contributed by atoms with van der Waals surface area (Å²) in [6.07, 6.45) is 3.42. The second-order valence-electron chi connectivity index (χ2n) is 6.49. The van der Waals surface area contributed by atoms with Crippen LogP contribution in [0.3, 0.4) is 0 Å². The van der Waals surface area contributed by atoms with Gasteiger partial charge in [0.15, 0.2) is 0 Å². The third-order valence-electron chi connectivity index (χ3n) is 4.79. The number of urea groups is 1. The van der Waals surface area contributed by atoms with Gasteiger partial charge in [-0.1, -0.05) is 24.3 Å². The van der Waals surface area contributed by atoms with Crippen LogP contribution in [-0.2, 0) is 13.2 Å². The number of benzene rings is 1. The number of aliphatic hydroxyl groups is 1. The summed E-state index contributed by atoms with van der Waals surface area (Å²) in [7, 11) is 0. The molecule has 6 heteroatoms. The van der Waals surface area contributed by atoms with Gasteiger partial charge in [-0.3, -0.25) is 4.98 Å². The Bertz CT molecular complexity index is 961. The summed E-state index contributed by atoms with van der Waals surface area (Å²) < 4.78 is 0. The smallest absolute Gasteiger partial charge is 0.331 e. The SMILES string of the molecule is CC(c1ccccn1)N1Cc2cccnc2N(c2cccc(CO)c2)C1=O. The molecule has 1 N–H and O–H groups in total. The highest BCUT2D eigenvalue weighted by Crippen LogP contribution is 2.36. The number of hydrogen-bond acceptors (Lipinski definition) is 4. The lowest BCUT2D eigenvalue weighted by molar-refractivity contribution is 0.179. The van der Waals surface area contributed by atoms with Gasteiger partial charge >= 0.3 is 6.03 Å². The number of pyridine rings is 2. The number of hydrogen-bond donors (Lipinski definition) is 1. The summed E-state index contributed by atoms with van der Waals surface area (Å²) in [4.78, 5) is 25.7. The predicted molar refractivity (Wildman–Crippen MR) is 102 cm³/mol. The number of carbonyl (C=O) groups excluding carboxylic acids is 1. The van der Waals surface area contributed by atoms with Crippen molar-refractivity contribution in [2.75, 3.05) is 4.90 Å². The lowest BCUT2D eigenvalue weighted by atomic mass is 10.1. The molecule has 4 rings (SSSR count). The van der Waals surface area contributed by atoms with Crippen molar-refractivity contribution in [3.8, 4) is 0 Å². The molecule has 0 aliphatic carbocycles. The number of aliphatic hydroxyl groups excluding tert-OH is 1. The molecule has 2 aromatic heterocycles. The molecule has 1 aromatic carbocycles. The maximum absolute atomic E-state index is 13.4. The zero-order valence-corrected chi connectivity index (χ0v) is 15.0. The van der Waals surface area contributed by atoms with Gasteiger partial charge in [-0.15, -0.1) is 0 Å². The van der Waals surface area contributed by atoms with Gasteiger partial charge in [0, 0.05) is 18.0 Å². The summed E-state index contributed by atoms with van der Waals surface area (Å²) in [6, 6.07) is 16.5. The molecular formula is C21H20N4O2. The van der Waals surface area contributed by atoms with Crippen LogP contribution in [-0.4, -0.2) is 26.0 Å². The summed E-state index contributed by atoms with van der Waals surface area (Å²) >= 11 is 0. The molecule has 1 atom stereocenters. The number of carbonyl (C=O) groups is 1. The normalized spacial score (nSPS) is 14.8. The molecule has 3 aromatic rings. The van der Waals surface area contributed by atoms with Gasteiger partial charge in [0.05, 0.1) is 30.6 Å². The highest BCUT2D eigenvalue weighted by atomic mass is 16.3. The molecule has 6 nitrogen and oxygen atoms in total. The molecule has 0 saturated carbocycles. The van der Waals surface area contributed by atoms with Gasteiger partial charge in [-0.2, -0.15) is 0 Å². The topological polar surface area (TPSA) is 69.6 Å². The van der Waals surface area contributed by atoms with Crippen molar-refractivity contribution in [3.05, 3.63) is 83.8 Å². The van der Waals surface area contributed by atoms with E-state index in [1.807, 2.05) is 61.5 Å². The Morgan fingerprint density at radius 1 is 1.07 bits per heavy atom. The van der Waals surface area contributed by atoms with Crippen molar-refractivity contribution in [2.45, 2.75) is 26.1 Å². The Kier molecular flexibility index (Phi) is 4.56. The van der Waals surface area contributed by atoms with Crippen molar-refractivity contribution < 1.29 is 9.90 Å². The summed E-state index contributed by atoms with van der Waals surface area (Å²) in [5, 5.41) is 9.47. The van der Waals surface area contributed by atoms with Crippen molar-refractivity contribution in [2.24, 2.45) is 0 Å². The van der Waals surface area contributed by atoms with Crippen molar-refractivity contribution >= 4 is 17.5 Å². The molecule has 27 heavy (non-hydrogen) atoms. The molecule has 3 heterocycles. The predicted octanol–water partition coefficient (Wildman–Crippen LogP) is 3.80. The zero-order chi connectivity index (χ0) is 18.8. The van der Waals surface area contributed by atoms with Crippen molar-refractivity contribution in [1.29, 1.82) is 0 Å². The third-order valence-corrected chi connectivity index (χ3v) is 4.79. The average Bonchev–Trinajstić information content (AvgIpc) is 2.73. The molecule has 2 amide bonds. The number of fused-ring (bicyclic) bond motifs is 1. The van der Waals surface area contributed by atoms with E-state index in [4.69, 9.17) is 0 Å². The van der Waals surface area contributed by atoms with Gasteiger partial charge in [-0.25, -0.2) is 14.7 Å². The van der Waals surface area contributed by atoms with E-state index < -0.39 is 0 Å². The monoisotopic (exact) mass is 360 g/mol. The number of aromatic nitrogens is 2. The van der Waals surface area contributed by atoms with Crippen molar-refractivity contribution in [1.82, 2.24) is 14.9 Å². The maximum Gasteiger partial charge on any atom is 0.331 e. The largest absolute Gasteiger partial charge is 0.392 e. The highest BCUT2D eigenvalue weighted by Gasteiger charge is 2.35. The Balaban J connectivity index is 1.79. The summed E-state index contributed by atoms with van der Waals surface area (Å²) in [5.41, 5.74) is 3.23. The standard InChI is InChI=1S/C21H20N4O2/c1-15(19-9-2-3-10-22-19)24-13-17-7-5-11-23-20(17)25(21(24)27)18-8-4-6-16(12-18)14-26/h2-12,15,26H,13-14H2,1H3. The second kappa shape index (κ2) is 7.17. The number of amides is 2. The molecule has 0 radical (unpaired) electrons. The van der Waals surface area contributed by atoms with Crippen LogP contribution < -0.4 is 4.90 Å². The van der Waals surface area contributed by atoms with E-state index >= 15 is 0 Å². The second-order valence-corrected chi connectivity index (χ2v) is 6.49. The Morgan fingerprint density at radius 3 is 2.70 bits per heavy atom. The van der Waals surface area contributed by atoms with E-state index in [0.717, 1.165) is 16.8 Å². The Morgan fingerprint density at radius 2 is 1.93 bits per heavy atom. The lowest BCUT2D eigenvalue weighted by Gasteiger charge is -2.39. The first-order chi connectivity index (χ1) is 13.2. The minimum atomic E-state index is -0.185. The first-order valence-corrected chi connectivity index (χ1v) is 8.84. The van der Waals surface area contributed by atoms with Gasteiger partial charge < -0.3 is 10.0 Å². The van der Waals surface area contributed by atoms with E-state index in [9.17, 15) is 9.90 Å². The fourth-order valence-corrected chi connectivity index (χ4v) is 3.34. The van der Waals surface area contributed by atoms with Gasteiger partial charge in [0.2, 0.25) is 0 Å². The lowest BCUT2D eigenvalue weighted by Crippen LogP contribution is -2.46. The van der Waals surface area contributed by atoms with E-state index in [0.29, 0.717) is 18.1 Å². The first kappa shape index (κ1) is 17.2. The maximum atomic E-state index is 13.4. The van der Waals surface area contributed by atoms with E-state index in [-0.39, 0.29) is 18.7 Å². The number of rotatable bonds is 4. The summed E-state index contributed by atoms with van der Waals surface area (Å²) in [6.45, 7) is 2.36. The van der Waals surface area contributed by atoms with Crippen LogP contribution >= 0.6 is 0 Å². The fraction of sp³-hybridized carbons (Fsp3) is 0.190. The number of anilines is 2. The molecule has 1 aliphatic rings. The summed E-state index contributed by atoms with van der Waals surface area (Å²) in [5.74, 6) is 0.627. The molecule has 0 bridgehead atoms. The van der Waals surface area contributed by atoms with Crippen LogP contribution in [0.15, 0.2) is 67.0 Å². The molecule has 0 saturated heterocycles. The van der Waals surface area contributed by atoms with E-state index in [2.05, 4.69) is 9.97 Å². The van der Waals surface area contributed by atoms with Crippen LogP contribution in [0.4, 0.5) is 16.3 Å².